The molecule has 0 saturated heterocycles. The van der Waals surface area contributed by atoms with Gasteiger partial charge < -0.3 is 0 Å². The van der Waals surface area contributed by atoms with Crippen LogP contribution in [-0.2, 0) is 10.0 Å². The number of hydrogen-bond acceptors (Lipinski definition) is 3. The summed E-state index contributed by atoms with van der Waals surface area (Å²) in [6.45, 7) is 6.15. The normalized spacial score (nSPS) is 13.7. The number of nitrogens with zero attached hydrogens (tertiary/aromatic N) is 1. The molecule has 0 fully saturated rings. The molecule has 114 valence electrons. The Hall–Kier alpha value is -0.360. The van der Waals surface area contributed by atoms with Gasteiger partial charge in [-0.15, -0.1) is 0 Å². The summed E-state index contributed by atoms with van der Waals surface area (Å²) in [5.41, 5.74) is 0. The van der Waals surface area contributed by atoms with E-state index in [1.54, 1.807) is 0 Å². The van der Waals surface area contributed by atoms with Crippen LogP contribution in [-0.4, -0.2) is 19.4 Å². The molecule has 0 aliphatic rings. The minimum atomic E-state index is -3.61. The maximum atomic E-state index is 12.2. The van der Waals surface area contributed by atoms with Gasteiger partial charge in [0.1, 0.15) is 10.0 Å². The number of hydrogen-bond donors (Lipinski definition) is 1. The van der Waals surface area contributed by atoms with Crippen LogP contribution in [0.5, 0.6) is 0 Å². The molecule has 0 radical (unpaired) electrons. The molecule has 0 bridgehead atoms. The third-order valence-electron chi connectivity index (χ3n) is 2.86. The Kier molecular flexibility index (Phi) is 6.72. The van der Waals surface area contributed by atoms with Crippen molar-refractivity contribution in [1.82, 2.24) is 9.71 Å². The highest BCUT2D eigenvalue weighted by atomic mass is 35.5. The van der Waals surface area contributed by atoms with Crippen LogP contribution < -0.4 is 4.72 Å². The van der Waals surface area contributed by atoms with E-state index in [2.05, 4.69) is 23.6 Å². The fourth-order valence-electron chi connectivity index (χ4n) is 1.77. The minimum Gasteiger partial charge on any atom is -0.242 e. The van der Waals surface area contributed by atoms with Gasteiger partial charge in [-0.05, 0) is 25.3 Å². The Labute approximate surface area is 130 Å². The van der Waals surface area contributed by atoms with Crippen LogP contribution in [0.2, 0.25) is 10.2 Å². The molecule has 1 aromatic rings. The lowest BCUT2D eigenvalue weighted by Crippen LogP contribution is -2.32. The number of nitrogens with one attached hydrogen (secondary N) is 1. The maximum Gasteiger partial charge on any atom is 0.242 e. The molecule has 1 aromatic heterocycles. The smallest absolute Gasteiger partial charge is 0.242 e. The van der Waals surface area contributed by atoms with Gasteiger partial charge in [-0.1, -0.05) is 49.9 Å². The molecule has 1 rings (SSSR count). The Balaban J connectivity index is 2.67. The van der Waals surface area contributed by atoms with E-state index in [-0.39, 0.29) is 21.1 Å². The van der Waals surface area contributed by atoms with E-state index >= 15 is 0 Å². The molecule has 1 unspecified atom stereocenters. The molecule has 1 heterocycles. The summed E-state index contributed by atoms with van der Waals surface area (Å²) in [4.78, 5) is 3.78. The average Bonchev–Trinajstić information content (AvgIpc) is 2.31. The monoisotopic (exact) mass is 338 g/mol. The van der Waals surface area contributed by atoms with Crippen molar-refractivity contribution < 1.29 is 8.42 Å². The van der Waals surface area contributed by atoms with Gasteiger partial charge in [0.2, 0.25) is 10.0 Å². The van der Waals surface area contributed by atoms with Gasteiger partial charge in [-0.25, -0.2) is 18.1 Å². The molecule has 0 amide bonds. The van der Waals surface area contributed by atoms with E-state index < -0.39 is 10.0 Å². The highest BCUT2D eigenvalue weighted by Crippen LogP contribution is 2.22. The fourth-order valence-corrected chi connectivity index (χ4v) is 3.36. The molecular formula is C13H20Cl2N2O2S. The summed E-state index contributed by atoms with van der Waals surface area (Å²) < 4.78 is 26.9. The molecule has 0 spiro atoms. The van der Waals surface area contributed by atoms with Crippen molar-refractivity contribution >= 4 is 33.2 Å². The highest BCUT2D eigenvalue weighted by molar-refractivity contribution is 7.89. The van der Waals surface area contributed by atoms with E-state index in [0.29, 0.717) is 5.92 Å². The van der Waals surface area contributed by atoms with Gasteiger partial charge in [-0.2, -0.15) is 0 Å². The van der Waals surface area contributed by atoms with Crippen molar-refractivity contribution in [2.45, 2.75) is 51.0 Å². The second-order valence-corrected chi connectivity index (χ2v) is 7.77. The molecule has 0 aromatic carbocycles. The van der Waals surface area contributed by atoms with Crippen molar-refractivity contribution in [2.24, 2.45) is 5.92 Å². The first-order valence-corrected chi connectivity index (χ1v) is 8.79. The Morgan fingerprint density at radius 3 is 2.45 bits per heavy atom. The van der Waals surface area contributed by atoms with Crippen molar-refractivity contribution in [1.29, 1.82) is 0 Å². The van der Waals surface area contributed by atoms with E-state index in [9.17, 15) is 8.42 Å². The van der Waals surface area contributed by atoms with Gasteiger partial charge in [0.05, 0.1) is 5.02 Å². The molecule has 0 aliphatic carbocycles. The second kappa shape index (κ2) is 7.59. The number of aromatic nitrogens is 1. The molecule has 20 heavy (non-hydrogen) atoms. The zero-order chi connectivity index (χ0) is 15.3. The lowest BCUT2D eigenvalue weighted by molar-refractivity contribution is 0.488. The fraction of sp³-hybridized carbons (Fsp3) is 0.615. The molecule has 4 nitrogen and oxygen atoms in total. The molecule has 1 N–H and O–H groups in total. The molecular weight excluding hydrogens is 319 g/mol. The Bertz CT molecular complexity index is 547. The van der Waals surface area contributed by atoms with Gasteiger partial charge in [0.15, 0.2) is 0 Å². The lowest BCUT2D eigenvalue weighted by atomic mass is 10.0. The van der Waals surface area contributed by atoms with Gasteiger partial charge in [0.25, 0.3) is 0 Å². The topological polar surface area (TPSA) is 59.1 Å². The van der Waals surface area contributed by atoms with Crippen LogP contribution in [0.3, 0.4) is 0 Å². The van der Waals surface area contributed by atoms with Crippen LogP contribution in [0.25, 0.3) is 0 Å². The predicted octanol–water partition coefficient (Wildman–Crippen LogP) is 3.88. The highest BCUT2D eigenvalue weighted by Gasteiger charge is 2.19. The van der Waals surface area contributed by atoms with Crippen molar-refractivity contribution in [2.75, 3.05) is 0 Å². The summed E-state index contributed by atoms with van der Waals surface area (Å²) in [5, 5.41) is 0.220. The maximum absolute atomic E-state index is 12.2. The van der Waals surface area contributed by atoms with Crippen LogP contribution in [0.15, 0.2) is 17.2 Å². The molecule has 0 saturated carbocycles. The Morgan fingerprint density at radius 1 is 1.25 bits per heavy atom. The SMILES string of the molecule is CC(C)CCCC(C)NS(=O)(=O)c1cnc(Cl)c(Cl)c1. The van der Waals surface area contributed by atoms with Crippen LogP contribution >= 0.6 is 23.2 Å². The molecule has 0 aliphatic heterocycles. The third kappa shape index (κ3) is 5.56. The third-order valence-corrected chi connectivity index (χ3v) is 5.10. The first kappa shape index (κ1) is 17.7. The second-order valence-electron chi connectivity index (χ2n) is 5.29. The van der Waals surface area contributed by atoms with E-state index in [0.717, 1.165) is 19.3 Å². The summed E-state index contributed by atoms with van der Waals surface area (Å²) in [7, 11) is -3.61. The first-order valence-electron chi connectivity index (χ1n) is 6.55. The minimum absolute atomic E-state index is 0.0302. The zero-order valence-corrected chi connectivity index (χ0v) is 14.2. The Morgan fingerprint density at radius 2 is 1.90 bits per heavy atom. The average molecular weight is 339 g/mol. The molecule has 1 atom stereocenters. The summed E-state index contributed by atoms with van der Waals surface area (Å²) >= 11 is 11.5. The number of rotatable bonds is 7. The van der Waals surface area contributed by atoms with Crippen molar-refractivity contribution in [3.8, 4) is 0 Å². The van der Waals surface area contributed by atoms with Crippen molar-refractivity contribution in [3.63, 3.8) is 0 Å². The van der Waals surface area contributed by atoms with E-state index in [1.165, 1.54) is 12.3 Å². The number of halogens is 2. The molecule has 7 heteroatoms. The largest absolute Gasteiger partial charge is 0.242 e. The van der Waals surface area contributed by atoms with E-state index in [1.807, 2.05) is 6.92 Å². The van der Waals surface area contributed by atoms with Crippen LogP contribution in [0, 0.1) is 5.92 Å². The van der Waals surface area contributed by atoms with Gasteiger partial charge >= 0.3 is 0 Å². The summed E-state index contributed by atoms with van der Waals surface area (Å²) in [5.74, 6) is 0.623. The van der Waals surface area contributed by atoms with E-state index in [4.69, 9.17) is 23.2 Å². The van der Waals surface area contributed by atoms with Gasteiger partial charge in [0, 0.05) is 12.2 Å². The van der Waals surface area contributed by atoms with Crippen LogP contribution in [0.4, 0.5) is 0 Å². The number of pyridine rings is 1. The predicted molar refractivity (Wildman–Crippen MR) is 82.7 cm³/mol. The quantitative estimate of drug-likeness (QED) is 0.767. The zero-order valence-electron chi connectivity index (χ0n) is 11.9. The van der Waals surface area contributed by atoms with Crippen LogP contribution in [0.1, 0.15) is 40.0 Å². The first-order chi connectivity index (χ1) is 9.22. The number of sulfonamides is 1. The van der Waals surface area contributed by atoms with Crippen molar-refractivity contribution in [3.05, 3.63) is 22.4 Å². The summed E-state index contributed by atoms with van der Waals surface area (Å²) in [6, 6.07) is 1.17. The summed E-state index contributed by atoms with van der Waals surface area (Å²) in [6.07, 6.45) is 4.07. The lowest BCUT2D eigenvalue weighted by Gasteiger charge is -2.15. The standard InChI is InChI=1S/C13H20Cl2N2O2S/c1-9(2)5-4-6-10(3)17-20(18,19)11-7-12(14)13(15)16-8-11/h7-10,17H,4-6H2,1-3H3. The van der Waals surface area contributed by atoms with Gasteiger partial charge in [-0.3, -0.25) is 0 Å².